The molecule has 0 saturated carbocycles. The van der Waals surface area contributed by atoms with Crippen LogP contribution in [0, 0.1) is 11.3 Å². The minimum absolute atomic E-state index is 0.375. The Balaban J connectivity index is 4.28. The summed E-state index contributed by atoms with van der Waals surface area (Å²) >= 11 is 0. The van der Waals surface area contributed by atoms with Crippen LogP contribution >= 0.6 is 0 Å². The maximum Gasteiger partial charge on any atom is 0.306 e. The van der Waals surface area contributed by atoms with Crippen LogP contribution in [0.5, 0.6) is 0 Å². The molecule has 0 saturated heterocycles. The molecule has 0 fully saturated rings. The molecule has 0 aromatic carbocycles. The molecule has 0 heterocycles. The second kappa shape index (κ2) is 3.83. The lowest BCUT2D eigenvalue weighted by Gasteiger charge is -2.28. The van der Waals surface area contributed by atoms with Gasteiger partial charge in [-0.1, -0.05) is 20.8 Å². The molecule has 4 heteroatoms. The topological polar surface area (TPSA) is 37.3 Å². The minimum atomic E-state index is -2.44. The highest BCUT2D eigenvalue weighted by Gasteiger charge is 2.33. The highest BCUT2D eigenvalue weighted by atomic mass is 19.3. The zero-order valence-electron chi connectivity index (χ0n) is 7.47. The third-order valence-corrected chi connectivity index (χ3v) is 2.22. The van der Waals surface area contributed by atoms with Gasteiger partial charge in [-0.2, -0.15) is 0 Å². The smallest absolute Gasteiger partial charge is 0.306 e. The van der Waals surface area contributed by atoms with E-state index in [0.717, 1.165) is 0 Å². The Morgan fingerprint density at radius 1 is 1.50 bits per heavy atom. The summed E-state index contributed by atoms with van der Waals surface area (Å²) in [5.74, 6) is -1.77. The molecule has 0 spiro atoms. The predicted molar refractivity (Wildman–Crippen MR) is 41.2 cm³/mol. The molecule has 72 valence electrons. The Hall–Kier alpha value is -0.670. The maximum atomic E-state index is 12.0. The van der Waals surface area contributed by atoms with Crippen LogP contribution in [0.25, 0.3) is 0 Å². The van der Waals surface area contributed by atoms with Crippen LogP contribution < -0.4 is 0 Å². The standard InChI is InChI=1S/C8H14F2O2/c1-5(7(11)12)8(2,3)4-6(9)10/h5-6H,4H2,1-3H3,(H,11,12). The Kier molecular flexibility index (Phi) is 3.61. The summed E-state index contributed by atoms with van der Waals surface area (Å²) in [6, 6.07) is 0. The monoisotopic (exact) mass is 180 g/mol. The number of carboxylic acids is 1. The largest absolute Gasteiger partial charge is 0.481 e. The number of carbonyl (C=O) groups is 1. The molecule has 1 unspecified atom stereocenters. The lowest BCUT2D eigenvalue weighted by molar-refractivity contribution is -0.145. The Bertz CT molecular complexity index is 166. The van der Waals surface area contributed by atoms with Gasteiger partial charge in [0.2, 0.25) is 6.43 Å². The summed E-state index contributed by atoms with van der Waals surface area (Å²) in [7, 11) is 0. The lowest BCUT2D eigenvalue weighted by atomic mass is 9.77. The van der Waals surface area contributed by atoms with Gasteiger partial charge in [0.15, 0.2) is 0 Å². The molecular weight excluding hydrogens is 166 g/mol. The molecule has 0 rings (SSSR count). The van der Waals surface area contributed by atoms with E-state index in [2.05, 4.69) is 0 Å². The van der Waals surface area contributed by atoms with E-state index in [-0.39, 0.29) is 6.42 Å². The molecule has 1 N–H and O–H groups in total. The SMILES string of the molecule is CC(C(=O)O)C(C)(C)CC(F)F. The van der Waals surface area contributed by atoms with Crippen LogP contribution in [0.1, 0.15) is 27.2 Å². The molecule has 0 amide bonds. The highest BCUT2D eigenvalue weighted by molar-refractivity contribution is 5.70. The van der Waals surface area contributed by atoms with Crippen molar-refractivity contribution in [2.75, 3.05) is 0 Å². The van der Waals surface area contributed by atoms with E-state index in [9.17, 15) is 13.6 Å². The first-order valence-electron chi connectivity index (χ1n) is 3.78. The van der Waals surface area contributed by atoms with Crippen molar-refractivity contribution >= 4 is 5.97 Å². The van der Waals surface area contributed by atoms with Crippen molar-refractivity contribution in [3.05, 3.63) is 0 Å². The Morgan fingerprint density at radius 3 is 2.17 bits per heavy atom. The van der Waals surface area contributed by atoms with Crippen LogP contribution in [0.2, 0.25) is 0 Å². The van der Waals surface area contributed by atoms with Gasteiger partial charge in [-0.05, 0) is 5.41 Å². The fourth-order valence-corrected chi connectivity index (χ4v) is 0.909. The summed E-state index contributed by atoms with van der Waals surface area (Å²) in [6.07, 6.45) is -2.82. The summed E-state index contributed by atoms with van der Waals surface area (Å²) in [6.45, 7) is 4.53. The first-order chi connectivity index (χ1) is 5.27. The summed E-state index contributed by atoms with van der Waals surface area (Å²) < 4.78 is 23.9. The molecule has 0 aromatic heterocycles. The number of hydrogen-bond donors (Lipinski definition) is 1. The van der Waals surface area contributed by atoms with Crippen molar-refractivity contribution in [1.82, 2.24) is 0 Å². The number of alkyl halides is 2. The van der Waals surface area contributed by atoms with Crippen molar-refractivity contribution in [2.45, 2.75) is 33.6 Å². The van der Waals surface area contributed by atoms with Crippen LogP contribution in [-0.4, -0.2) is 17.5 Å². The third-order valence-electron chi connectivity index (χ3n) is 2.22. The second-order valence-corrected chi connectivity index (χ2v) is 3.64. The number of hydrogen-bond acceptors (Lipinski definition) is 1. The van der Waals surface area contributed by atoms with E-state index in [1.165, 1.54) is 20.8 Å². The van der Waals surface area contributed by atoms with E-state index < -0.39 is 23.7 Å². The van der Waals surface area contributed by atoms with Gasteiger partial charge in [0, 0.05) is 6.42 Å². The lowest BCUT2D eigenvalue weighted by Crippen LogP contribution is -2.30. The molecule has 1 atom stereocenters. The first-order valence-corrected chi connectivity index (χ1v) is 3.78. The zero-order valence-corrected chi connectivity index (χ0v) is 7.47. The fraction of sp³-hybridized carbons (Fsp3) is 0.875. The molecule has 12 heavy (non-hydrogen) atoms. The normalized spacial score (nSPS) is 14.8. The van der Waals surface area contributed by atoms with Crippen molar-refractivity contribution in [1.29, 1.82) is 0 Å². The number of aliphatic carboxylic acids is 1. The average molecular weight is 180 g/mol. The first kappa shape index (κ1) is 11.3. The van der Waals surface area contributed by atoms with E-state index >= 15 is 0 Å². The van der Waals surface area contributed by atoms with Crippen LogP contribution in [0.3, 0.4) is 0 Å². The highest BCUT2D eigenvalue weighted by Crippen LogP contribution is 2.33. The predicted octanol–water partition coefficient (Wildman–Crippen LogP) is 2.39. The maximum absolute atomic E-state index is 12.0. The van der Waals surface area contributed by atoms with Gasteiger partial charge in [0.25, 0.3) is 0 Å². The van der Waals surface area contributed by atoms with Gasteiger partial charge < -0.3 is 5.11 Å². The van der Waals surface area contributed by atoms with Gasteiger partial charge in [0.05, 0.1) is 5.92 Å². The molecule has 0 bridgehead atoms. The molecule has 0 aromatic rings. The van der Waals surface area contributed by atoms with E-state index in [1.807, 2.05) is 0 Å². The van der Waals surface area contributed by atoms with E-state index in [4.69, 9.17) is 5.11 Å². The Labute approximate surface area is 70.6 Å². The average Bonchev–Trinajstić information content (AvgIpc) is 1.82. The van der Waals surface area contributed by atoms with E-state index in [1.54, 1.807) is 0 Å². The van der Waals surface area contributed by atoms with Crippen LogP contribution in [-0.2, 0) is 4.79 Å². The number of halogens is 2. The van der Waals surface area contributed by atoms with Crippen LogP contribution in [0.4, 0.5) is 8.78 Å². The van der Waals surface area contributed by atoms with E-state index in [0.29, 0.717) is 0 Å². The molecule has 0 aliphatic heterocycles. The quantitative estimate of drug-likeness (QED) is 0.721. The summed E-state index contributed by atoms with van der Waals surface area (Å²) in [5, 5.41) is 8.59. The molecular formula is C8H14F2O2. The second-order valence-electron chi connectivity index (χ2n) is 3.64. The molecule has 0 aliphatic rings. The van der Waals surface area contributed by atoms with Crippen molar-refractivity contribution in [3.63, 3.8) is 0 Å². The van der Waals surface area contributed by atoms with Crippen molar-refractivity contribution in [2.24, 2.45) is 11.3 Å². The van der Waals surface area contributed by atoms with Gasteiger partial charge >= 0.3 is 5.97 Å². The van der Waals surface area contributed by atoms with Crippen molar-refractivity contribution in [3.8, 4) is 0 Å². The van der Waals surface area contributed by atoms with Gasteiger partial charge in [-0.3, -0.25) is 4.79 Å². The minimum Gasteiger partial charge on any atom is -0.481 e. The number of carboxylic acid groups (broad SMARTS) is 1. The Morgan fingerprint density at radius 2 is 1.92 bits per heavy atom. The zero-order chi connectivity index (χ0) is 9.94. The third kappa shape index (κ3) is 3.15. The molecule has 2 nitrogen and oxygen atoms in total. The summed E-state index contributed by atoms with van der Waals surface area (Å²) in [5.41, 5.74) is -0.847. The molecule has 0 radical (unpaired) electrons. The van der Waals surface area contributed by atoms with Crippen LogP contribution in [0.15, 0.2) is 0 Å². The summed E-state index contributed by atoms with van der Waals surface area (Å²) in [4.78, 5) is 10.5. The fourth-order valence-electron chi connectivity index (χ4n) is 0.909. The van der Waals surface area contributed by atoms with Gasteiger partial charge in [-0.15, -0.1) is 0 Å². The van der Waals surface area contributed by atoms with Gasteiger partial charge in [0.1, 0.15) is 0 Å². The number of rotatable bonds is 4. The van der Waals surface area contributed by atoms with Gasteiger partial charge in [-0.25, -0.2) is 8.78 Å². The molecule has 0 aliphatic carbocycles. The van der Waals surface area contributed by atoms with Crippen molar-refractivity contribution < 1.29 is 18.7 Å².